The van der Waals surface area contributed by atoms with Gasteiger partial charge in [-0.1, -0.05) is 48.5 Å². The van der Waals surface area contributed by atoms with Crippen molar-refractivity contribution in [2.45, 2.75) is 43.1 Å². The molecule has 0 radical (unpaired) electrons. The first-order valence-electron chi connectivity index (χ1n) is 14.7. The van der Waals surface area contributed by atoms with Crippen LogP contribution in [0, 0.1) is 0 Å². The third-order valence-corrected chi connectivity index (χ3v) is 9.02. The maximum Gasteiger partial charge on any atom is 0.490 e. The van der Waals surface area contributed by atoms with Crippen molar-refractivity contribution in [3.05, 3.63) is 65.7 Å². The molecular weight excluding hydrogens is 663 g/mol. The van der Waals surface area contributed by atoms with E-state index in [1.807, 2.05) is 48.5 Å². The van der Waals surface area contributed by atoms with Crippen LogP contribution >= 0.6 is 0 Å². The number of fused-ring (bicyclic) bond motifs is 2. The standard InChI is InChI=1S/C28H37N5O7S.C2HF3O2/c1-41(38,39)33-19-28(21-9-5-6-10-24(21)33)11-13-32(14-12-28)27(37)23(18-40-17-20-7-3-2-4-8-20)31-26(36)22(16-34)30-25(35)15-29;3-2(4,5)1(6)7/h2-10,22-23,34H,11-19,29H2,1H3,(H,30,35)(H,31,36);(H,6,7)/t22-,23+;/m0./s1. The maximum atomic E-state index is 13.7. The summed E-state index contributed by atoms with van der Waals surface area (Å²) in [5.74, 6) is -4.48. The van der Waals surface area contributed by atoms with Crippen LogP contribution in [0.4, 0.5) is 18.9 Å². The van der Waals surface area contributed by atoms with Crippen LogP contribution in [-0.4, -0.2) is 111 Å². The number of aliphatic hydroxyl groups is 1. The van der Waals surface area contributed by atoms with Crippen LogP contribution < -0.4 is 20.7 Å². The SMILES string of the molecule is CS(=O)(=O)N1CC2(CCN(C(=O)[C@@H](COCc3ccccc3)NC(=O)[C@H](CO)NC(=O)CN)CC2)c2ccccc21.O=C(O)C(F)(F)F. The lowest BCUT2D eigenvalue weighted by Gasteiger charge is -2.41. The first-order valence-corrected chi connectivity index (χ1v) is 16.6. The number of rotatable bonds is 11. The fourth-order valence-electron chi connectivity index (χ4n) is 5.45. The number of para-hydroxylation sites is 1. The molecule has 1 saturated heterocycles. The zero-order valence-corrected chi connectivity index (χ0v) is 26.8. The Bertz CT molecular complexity index is 1550. The number of likely N-dealkylation sites (tertiary alicyclic amines) is 1. The zero-order valence-electron chi connectivity index (χ0n) is 26.0. The predicted octanol–water partition coefficient (Wildman–Crippen LogP) is 0.0971. The number of carbonyl (C=O) groups excluding carboxylic acids is 3. The third-order valence-electron chi connectivity index (χ3n) is 7.90. The number of carboxylic acids is 1. The van der Waals surface area contributed by atoms with Gasteiger partial charge in [-0.3, -0.25) is 18.7 Å². The molecule has 0 aromatic heterocycles. The lowest BCUT2D eigenvalue weighted by molar-refractivity contribution is -0.192. The van der Waals surface area contributed by atoms with Gasteiger partial charge in [0.05, 0.1) is 38.3 Å². The molecule has 18 heteroatoms. The van der Waals surface area contributed by atoms with Crippen molar-refractivity contribution >= 4 is 39.4 Å². The fraction of sp³-hybridized carbons (Fsp3) is 0.467. The highest BCUT2D eigenvalue weighted by Gasteiger charge is 2.48. The van der Waals surface area contributed by atoms with Gasteiger partial charge in [0.25, 0.3) is 0 Å². The summed E-state index contributed by atoms with van der Waals surface area (Å²) in [7, 11) is -3.47. The van der Waals surface area contributed by atoms with Crippen LogP contribution in [0.3, 0.4) is 0 Å². The number of amides is 3. The van der Waals surface area contributed by atoms with Gasteiger partial charge in [-0.25, -0.2) is 13.2 Å². The molecule has 2 atom stereocenters. The van der Waals surface area contributed by atoms with Crippen LogP contribution in [0.25, 0.3) is 0 Å². The molecule has 0 unspecified atom stereocenters. The summed E-state index contributed by atoms with van der Waals surface area (Å²) in [5.41, 5.74) is 7.41. The van der Waals surface area contributed by atoms with E-state index < -0.39 is 58.1 Å². The number of ether oxygens (including phenoxy) is 1. The second-order valence-corrected chi connectivity index (χ2v) is 13.2. The summed E-state index contributed by atoms with van der Waals surface area (Å²) >= 11 is 0. The smallest absolute Gasteiger partial charge is 0.475 e. The predicted molar refractivity (Wildman–Crippen MR) is 166 cm³/mol. The van der Waals surface area contributed by atoms with Crippen molar-refractivity contribution in [3.63, 3.8) is 0 Å². The summed E-state index contributed by atoms with van der Waals surface area (Å²) < 4.78 is 64.0. The highest BCUT2D eigenvalue weighted by Crippen LogP contribution is 2.47. The molecular formula is C30H38F3N5O9S. The number of sulfonamides is 1. The van der Waals surface area contributed by atoms with E-state index in [2.05, 4.69) is 10.6 Å². The first kappa shape index (κ1) is 38.2. The van der Waals surface area contributed by atoms with Gasteiger partial charge in [-0.15, -0.1) is 0 Å². The lowest BCUT2D eigenvalue weighted by Crippen LogP contribution is -2.58. The number of anilines is 1. The number of halogens is 3. The molecule has 0 bridgehead atoms. The molecule has 1 fully saturated rings. The Hall–Kier alpha value is -4.26. The molecule has 14 nitrogen and oxygen atoms in total. The number of benzene rings is 2. The number of hydrogen-bond acceptors (Lipinski definition) is 9. The number of aliphatic carboxylic acids is 1. The third kappa shape index (κ3) is 9.88. The van der Waals surface area contributed by atoms with E-state index in [9.17, 15) is 41.1 Å². The second kappa shape index (κ2) is 16.2. The first-order chi connectivity index (χ1) is 22.5. The molecule has 6 N–H and O–H groups in total. The summed E-state index contributed by atoms with van der Waals surface area (Å²) in [5, 5.41) is 21.7. The second-order valence-electron chi connectivity index (χ2n) is 11.3. The highest BCUT2D eigenvalue weighted by atomic mass is 32.2. The van der Waals surface area contributed by atoms with Crippen molar-refractivity contribution in [1.29, 1.82) is 0 Å². The summed E-state index contributed by atoms with van der Waals surface area (Å²) in [6, 6.07) is 14.5. The van der Waals surface area contributed by atoms with Gasteiger partial charge in [-0.05, 0) is 30.0 Å². The van der Waals surface area contributed by atoms with Crippen LogP contribution in [-0.2, 0) is 46.0 Å². The molecule has 1 spiro atoms. The molecule has 2 aromatic rings. The minimum atomic E-state index is -5.08. The van der Waals surface area contributed by atoms with Gasteiger partial charge < -0.3 is 36.2 Å². The van der Waals surface area contributed by atoms with E-state index in [1.165, 1.54) is 10.6 Å². The summed E-state index contributed by atoms with van der Waals surface area (Å²) in [6.07, 6.45) is -2.81. The van der Waals surface area contributed by atoms with E-state index >= 15 is 0 Å². The van der Waals surface area contributed by atoms with Crippen molar-refractivity contribution < 1.29 is 55.7 Å². The Labute approximate surface area is 275 Å². The minimum Gasteiger partial charge on any atom is -0.475 e. The molecule has 3 amide bonds. The molecule has 0 saturated carbocycles. The van der Waals surface area contributed by atoms with Gasteiger partial charge in [0.15, 0.2) is 0 Å². The van der Waals surface area contributed by atoms with Crippen LogP contribution in [0.1, 0.15) is 24.0 Å². The van der Waals surface area contributed by atoms with Crippen molar-refractivity contribution in [2.24, 2.45) is 5.73 Å². The Morgan fingerprint density at radius 1 is 1.00 bits per heavy atom. The molecule has 2 aliphatic rings. The fourth-order valence-corrected chi connectivity index (χ4v) is 6.45. The quantitative estimate of drug-likeness (QED) is 0.213. The number of hydrogen-bond donors (Lipinski definition) is 5. The van der Waals surface area contributed by atoms with Gasteiger partial charge >= 0.3 is 12.1 Å². The number of carboxylic acid groups (broad SMARTS) is 1. The van der Waals surface area contributed by atoms with Gasteiger partial charge in [0.1, 0.15) is 12.1 Å². The van der Waals surface area contributed by atoms with Crippen molar-refractivity contribution in [2.75, 3.05) is 50.0 Å². The number of piperidine rings is 1. The van der Waals surface area contributed by atoms with E-state index in [-0.39, 0.29) is 25.7 Å². The molecule has 2 heterocycles. The number of alkyl halides is 3. The largest absolute Gasteiger partial charge is 0.490 e. The van der Waals surface area contributed by atoms with Crippen molar-refractivity contribution in [3.8, 4) is 0 Å². The van der Waals surface area contributed by atoms with E-state index in [1.54, 1.807) is 11.0 Å². The molecule has 0 aliphatic carbocycles. The Kier molecular flexibility index (Phi) is 12.9. The highest BCUT2D eigenvalue weighted by molar-refractivity contribution is 7.92. The van der Waals surface area contributed by atoms with Gasteiger partial charge in [-0.2, -0.15) is 13.2 Å². The Morgan fingerprint density at radius 2 is 1.58 bits per heavy atom. The molecule has 2 aromatic carbocycles. The average molecular weight is 702 g/mol. The van der Waals surface area contributed by atoms with E-state index in [4.69, 9.17) is 20.4 Å². The normalized spacial score (nSPS) is 16.6. The van der Waals surface area contributed by atoms with E-state index in [0.29, 0.717) is 38.2 Å². The zero-order chi connectivity index (χ0) is 35.7. The minimum absolute atomic E-state index is 0.130. The lowest BCUT2D eigenvalue weighted by atomic mass is 9.74. The average Bonchev–Trinajstić information content (AvgIpc) is 3.37. The number of nitrogens with two attached hydrogens (primary N) is 1. The van der Waals surface area contributed by atoms with Crippen LogP contribution in [0.5, 0.6) is 0 Å². The topological polar surface area (TPSA) is 209 Å². The van der Waals surface area contributed by atoms with Crippen LogP contribution in [0.15, 0.2) is 54.6 Å². The summed E-state index contributed by atoms with van der Waals surface area (Å²) in [6.45, 7) is 0.0658. The molecule has 4 rings (SSSR count). The Morgan fingerprint density at radius 3 is 2.12 bits per heavy atom. The number of carbonyl (C=O) groups is 4. The van der Waals surface area contributed by atoms with Gasteiger partial charge in [0, 0.05) is 25.0 Å². The van der Waals surface area contributed by atoms with Gasteiger partial charge in [0.2, 0.25) is 27.7 Å². The molecule has 48 heavy (non-hydrogen) atoms. The number of nitrogens with one attached hydrogen (secondary N) is 2. The maximum absolute atomic E-state index is 13.7. The Balaban J connectivity index is 0.000000804. The number of aliphatic hydroxyl groups excluding tert-OH is 1. The van der Waals surface area contributed by atoms with E-state index in [0.717, 1.165) is 11.1 Å². The molecule has 264 valence electrons. The number of nitrogens with zero attached hydrogens (tertiary/aromatic N) is 2. The summed E-state index contributed by atoms with van der Waals surface area (Å²) in [4.78, 5) is 48.8. The van der Waals surface area contributed by atoms with Crippen molar-refractivity contribution in [1.82, 2.24) is 15.5 Å². The molecule has 2 aliphatic heterocycles. The monoisotopic (exact) mass is 701 g/mol. The van der Waals surface area contributed by atoms with Crippen LogP contribution in [0.2, 0.25) is 0 Å².